The molecule has 4 heteroatoms. The third-order valence-corrected chi connectivity index (χ3v) is 4.20. The number of hydrogen-bond donors (Lipinski definition) is 1. The fraction of sp³-hybridized carbons (Fsp3) is 0.625. The number of nitrogens with zero attached hydrogens (tertiary/aromatic N) is 1. The van der Waals surface area contributed by atoms with Crippen LogP contribution in [-0.2, 0) is 4.74 Å². The van der Waals surface area contributed by atoms with E-state index in [9.17, 15) is 4.39 Å². The van der Waals surface area contributed by atoms with Crippen LogP contribution < -0.4 is 10.2 Å². The predicted molar refractivity (Wildman–Crippen MR) is 80.7 cm³/mol. The van der Waals surface area contributed by atoms with E-state index in [1.807, 2.05) is 31.0 Å². The Balaban J connectivity index is 2.16. The second-order valence-electron chi connectivity index (χ2n) is 5.53. The number of nitrogens with one attached hydrogen (secondary N) is 1. The number of benzene rings is 1. The maximum Gasteiger partial charge on any atom is 0.146 e. The van der Waals surface area contributed by atoms with Gasteiger partial charge in [-0.3, -0.25) is 0 Å². The molecule has 20 heavy (non-hydrogen) atoms. The van der Waals surface area contributed by atoms with Gasteiger partial charge in [0.25, 0.3) is 0 Å². The number of halogens is 1. The summed E-state index contributed by atoms with van der Waals surface area (Å²) in [4.78, 5) is 2.01. The Kier molecular flexibility index (Phi) is 5.00. The highest BCUT2D eigenvalue weighted by molar-refractivity contribution is 5.50. The summed E-state index contributed by atoms with van der Waals surface area (Å²) in [5.74, 6) is -0.158. The van der Waals surface area contributed by atoms with Crippen LogP contribution in [0.1, 0.15) is 38.8 Å². The molecule has 0 amide bonds. The Labute approximate surface area is 121 Å². The summed E-state index contributed by atoms with van der Waals surface area (Å²) in [6, 6.07) is 5.94. The van der Waals surface area contributed by atoms with Crippen LogP contribution in [0.15, 0.2) is 18.2 Å². The smallest absolute Gasteiger partial charge is 0.146 e. The van der Waals surface area contributed by atoms with E-state index < -0.39 is 0 Å². The van der Waals surface area contributed by atoms with Crippen molar-refractivity contribution in [3.63, 3.8) is 0 Å². The molecule has 0 aliphatic carbocycles. The van der Waals surface area contributed by atoms with E-state index in [1.165, 1.54) is 0 Å². The minimum absolute atomic E-state index is 0.153. The summed E-state index contributed by atoms with van der Waals surface area (Å²) in [7, 11) is 1.95. The Bertz CT molecular complexity index is 452. The summed E-state index contributed by atoms with van der Waals surface area (Å²) in [6.07, 6.45) is 1.10. The normalized spacial score (nSPS) is 23.9. The first-order chi connectivity index (χ1) is 9.54. The Hall–Kier alpha value is -1.13. The molecular formula is C16H25FN2O. The highest BCUT2D eigenvalue weighted by Crippen LogP contribution is 2.28. The van der Waals surface area contributed by atoms with Crippen LogP contribution in [0, 0.1) is 5.82 Å². The quantitative estimate of drug-likeness (QED) is 0.897. The number of rotatable bonds is 5. The zero-order valence-corrected chi connectivity index (χ0v) is 12.8. The van der Waals surface area contributed by atoms with E-state index in [0.717, 1.165) is 25.1 Å². The van der Waals surface area contributed by atoms with E-state index in [-0.39, 0.29) is 24.0 Å². The van der Waals surface area contributed by atoms with Gasteiger partial charge in [0.05, 0.1) is 17.8 Å². The Morgan fingerprint density at radius 3 is 2.80 bits per heavy atom. The minimum Gasteiger partial charge on any atom is -0.376 e. The zero-order chi connectivity index (χ0) is 14.7. The van der Waals surface area contributed by atoms with Gasteiger partial charge in [-0.05, 0) is 44.5 Å². The van der Waals surface area contributed by atoms with E-state index in [0.29, 0.717) is 5.69 Å². The van der Waals surface area contributed by atoms with Gasteiger partial charge in [-0.25, -0.2) is 4.39 Å². The van der Waals surface area contributed by atoms with Crippen LogP contribution in [0.2, 0.25) is 0 Å². The van der Waals surface area contributed by atoms with Crippen molar-refractivity contribution < 1.29 is 9.13 Å². The van der Waals surface area contributed by atoms with E-state index >= 15 is 0 Å². The predicted octanol–water partition coefficient (Wildman–Crippen LogP) is 3.11. The van der Waals surface area contributed by atoms with Crippen molar-refractivity contribution in [1.29, 1.82) is 0 Å². The highest BCUT2D eigenvalue weighted by atomic mass is 19.1. The average molecular weight is 280 g/mol. The highest BCUT2D eigenvalue weighted by Gasteiger charge is 2.29. The van der Waals surface area contributed by atoms with Gasteiger partial charge in [-0.15, -0.1) is 0 Å². The molecule has 0 spiro atoms. The third kappa shape index (κ3) is 3.13. The van der Waals surface area contributed by atoms with Crippen LogP contribution in [0.3, 0.4) is 0 Å². The third-order valence-electron chi connectivity index (χ3n) is 4.20. The van der Waals surface area contributed by atoms with Gasteiger partial charge in [0, 0.05) is 19.7 Å². The largest absolute Gasteiger partial charge is 0.376 e. The molecule has 1 heterocycles. The van der Waals surface area contributed by atoms with E-state index in [2.05, 4.69) is 19.2 Å². The zero-order valence-electron chi connectivity index (χ0n) is 12.8. The van der Waals surface area contributed by atoms with Crippen molar-refractivity contribution >= 4 is 5.69 Å². The van der Waals surface area contributed by atoms with Gasteiger partial charge in [0.15, 0.2) is 0 Å². The molecule has 0 aromatic heterocycles. The second-order valence-corrected chi connectivity index (χ2v) is 5.53. The molecule has 1 aliphatic heterocycles. The van der Waals surface area contributed by atoms with Gasteiger partial charge < -0.3 is 15.0 Å². The molecule has 1 fully saturated rings. The van der Waals surface area contributed by atoms with Crippen molar-refractivity contribution in [1.82, 2.24) is 5.32 Å². The van der Waals surface area contributed by atoms with Crippen molar-refractivity contribution in [2.24, 2.45) is 0 Å². The van der Waals surface area contributed by atoms with Crippen LogP contribution in [0.4, 0.5) is 10.1 Å². The average Bonchev–Trinajstić information content (AvgIpc) is 2.84. The molecule has 3 atom stereocenters. The Morgan fingerprint density at radius 2 is 2.25 bits per heavy atom. The molecule has 3 nitrogen and oxygen atoms in total. The van der Waals surface area contributed by atoms with Crippen LogP contribution >= 0.6 is 0 Å². The summed E-state index contributed by atoms with van der Waals surface area (Å²) in [5, 5.41) is 3.30. The summed E-state index contributed by atoms with van der Waals surface area (Å²) < 4.78 is 19.9. The first-order valence-corrected chi connectivity index (χ1v) is 7.41. The second kappa shape index (κ2) is 6.55. The Morgan fingerprint density at radius 1 is 1.50 bits per heavy atom. The molecule has 0 bridgehead atoms. The van der Waals surface area contributed by atoms with Gasteiger partial charge in [-0.1, -0.05) is 13.0 Å². The van der Waals surface area contributed by atoms with Crippen molar-refractivity contribution in [3.05, 3.63) is 29.6 Å². The minimum atomic E-state index is -0.158. The van der Waals surface area contributed by atoms with Crippen LogP contribution in [-0.4, -0.2) is 32.3 Å². The molecule has 1 aliphatic rings. The van der Waals surface area contributed by atoms with Crippen molar-refractivity contribution in [3.8, 4) is 0 Å². The molecule has 1 aromatic rings. The van der Waals surface area contributed by atoms with Gasteiger partial charge in [0.1, 0.15) is 5.82 Å². The molecule has 1 saturated heterocycles. The molecule has 1 N–H and O–H groups in total. The fourth-order valence-electron chi connectivity index (χ4n) is 2.91. The number of likely N-dealkylation sites (N-methyl/N-ethyl adjacent to an activating group) is 1. The standard InChI is InChI=1S/C16H25FN2O/c1-5-18-11(2)13-6-7-16(14(17)10-13)19(4)15-8-9-20-12(15)3/h6-7,10-12,15,18H,5,8-9H2,1-4H3. The molecule has 1 aromatic carbocycles. The topological polar surface area (TPSA) is 24.5 Å². The lowest BCUT2D eigenvalue weighted by atomic mass is 10.1. The molecule has 0 saturated carbocycles. The molecule has 112 valence electrons. The lowest BCUT2D eigenvalue weighted by Gasteiger charge is -2.29. The molecular weight excluding hydrogens is 255 g/mol. The van der Waals surface area contributed by atoms with Gasteiger partial charge in [-0.2, -0.15) is 0 Å². The maximum atomic E-state index is 14.4. The van der Waals surface area contributed by atoms with Crippen molar-refractivity contribution in [2.75, 3.05) is 25.1 Å². The fourth-order valence-corrected chi connectivity index (χ4v) is 2.91. The molecule has 0 radical (unpaired) electrons. The summed E-state index contributed by atoms with van der Waals surface area (Å²) in [5.41, 5.74) is 1.64. The lowest BCUT2D eigenvalue weighted by Crippen LogP contribution is -2.37. The monoisotopic (exact) mass is 280 g/mol. The maximum absolute atomic E-state index is 14.4. The molecule has 2 rings (SSSR count). The van der Waals surface area contributed by atoms with Gasteiger partial charge in [0.2, 0.25) is 0 Å². The van der Waals surface area contributed by atoms with E-state index in [1.54, 1.807) is 6.07 Å². The first kappa shape index (κ1) is 15.3. The van der Waals surface area contributed by atoms with Crippen LogP contribution in [0.5, 0.6) is 0 Å². The lowest BCUT2D eigenvalue weighted by molar-refractivity contribution is 0.118. The van der Waals surface area contributed by atoms with E-state index in [4.69, 9.17) is 4.74 Å². The first-order valence-electron chi connectivity index (χ1n) is 7.41. The molecule has 3 unspecified atom stereocenters. The number of anilines is 1. The number of hydrogen-bond acceptors (Lipinski definition) is 3. The summed E-state index contributed by atoms with van der Waals surface area (Å²) >= 11 is 0. The summed E-state index contributed by atoms with van der Waals surface area (Å²) in [6.45, 7) is 7.79. The SMILES string of the molecule is CCNC(C)c1ccc(N(C)C2CCOC2C)c(F)c1. The van der Waals surface area contributed by atoms with Gasteiger partial charge >= 0.3 is 0 Å². The van der Waals surface area contributed by atoms with Crippen molar-refractivity contribution in [2.45, 2.75) is 45.4 Å². The van der Waals surface area contributed by atoms with Crippen LogP contribution in [0.25, 0.3) is 0 Å². The number of ether oxygens (including phenoxy) is 1.